The van der Waals surface area contributed by atoms with Crippen molar-refractivity contribution in [2.24, 2.45) is 11.7 Å². The summed E-state index contributed by atoms with van der Waals surface area (Å²) in [6.07, 6.45) is 6.03. The fourth-order valence-electron chi connectivity index (χ4n) is 3.87. The van der Waals surface area contributed by atoms with Gasteiger partial charge in [0.1, 0.15) is 0 Å². The molecule has 0 saturated heterocycles. The lowest BCUT2D eigenvalue weighted by Gasteiger charge is -2.47. The maximum Gasteiger partial charge on any atom is 0.0375 e. The number of nitrogens with two attached hydrogens (primary N) is 1. The van der Waals surface area contributed by atoms with Gasteiger partial charge in [-0.3, -0.25) is 4.90 Å². The molecule has 118 valence electrons. The van der Waals surface area contributed by atoms with Crippen LogP contribution < -0.4 is 5.73 Å². The van der Waals surface area contributed by atoms with Gasteiger partial charge in [0.2, 0.25) is 0 Å². The Kier molecular flexibility index (Phi) is 5.83. The molecule has 1 aromatic rings. The smallest absolute Gasteiger partial charge is 0.0375 e. The average Bonchev–Trinajstić information content (AvgIpc) is 2.55. The lowest BCUT2D eigenvalue weighted by molar-refractivity contribution is 0.0659. The van der Waals surface area contributed by atoms with Crippen LogP contribution in [0.5, 0.6) is 0 Å². The normalized spacial score (nSPS) is 21.8. The van der Waals surface area contributed by atoms with Crippen molar-refractivity contribution in [3.63, 3.8) is 0 Å². The largest absolute Gasteiger partial charge is 0.329 e. The summed E-state index contributed by atoms with van der Waals surface area (Å²) in [5.74, 6) is 0.797. The molecule has 0 heterocycles. The summed E-state index contributed by atoms with van der Waals surface area (Å²) in [5.41, 5.74) is 9.50. The maximum absolute atomic E-state index is 6.29. The van der Waals surface area contributed by atoms with Gasteiger partial charge in [0, 0.05) is 18.6 Å². The zero-order valence-electron chi connectivity index (χ0n) is 14.1. The van der Waals surface area contributed by atoms with Crippen molar-refractivity contribution >= 4 is 0 Å². The van der Waals surface area contributed by atoms with Crippen LogP contribution in [0.2, 0.25) is 0 Å². The third kappa shape index (κ3) is 3.49. The summed E-state index contributed by atoms with van der Waals surface area (Å²) >= 11 is 0. The van der Waals surface area contributed by atoms with Gasteiger partial charge < -0.3 is 5.73 Å². The van der Waals surface area contributed by atoms with Gasteiger partial charge in [-0.2, -0.15) is 0 Å². The van der Waals surface area contributed by atoms with E-state index in [9.17, 15) is 0 Å². The monoisotopic (exact) mass is 288 g/mol. The second-order valence-corrected chi connectivity index (χ2v) is 6.60. The van der Waals surface area contributed by atoms with Crippen LogP contribution in [0.1, 0.15) is 51.2 Å². The molecule has 0 aliphatic heterocycles. The van der Waals surface area contributed by atoms with Crippen LogP contribution in [0.4, 0.5) is 0 Å². The van der Waals surface area contributed by atoms with E-state index in [1.807, 2.05) is 0 Å². The molecule has 1 aliphatic rings. The van der Waals surface area contributed by atoms with Gasteiger partial charge in [-0.1, -0.05) is 57.9 Å². The van der Waals surface area contributed by atoms with E-state index in [2.05, 4.69) is 49.9 Å². The van der Waals surface area contributed by atoms with Crippen molar-refractivity contribution in [2.75, 3.05) is 19.6 Å². The highest BCUT2D eigenvalue weighted by Gasteiger charge is 2.38. The summed E-state index contributed by atoms with van der Waals surface area (Å²) in [6.45, 7) is 9.99. The zero-order valence-corrected chi connectivity index (χ0v) is 14.1. The average molecular weight is 288 g/mol. The molecule has 1 aromatic carbocycles. The summed E-state index contributed by atoms with van der Waals surface area (Å²) < 4.78 is 0. The predicted octanol–water partition coefficient (Wildman–Crippen LogP) is 3.63. The molecule has 0 bridgehead atoms. The van der Waals surface area contributed by atoms with Gasteiger partial charge >= 0.3 is 0 Å². The molecule has 21 heavy (non-hydrogen) atoms. The minimum absolute atomic E-state index is 0.172. The van der Waals surface area contributed by atoms with Crippen LogP contribution in [0.15, 0.2) is 24.3 Å². The van der Waals surface area contributed by atoms with Crippen molar-refractivity contribution in [1.29, 1.82) is 0 Å². The van der Waals surface area contributed by atoms with Crippen LogP contribution in [-0.4, -0.2) is 30.1 Å². The highest BCUT2D eigenvalue weighted by Crippen LogP contribution is 2.33. The maximum atomic E-state index is 6.29. The van der Waals surface area contributed by atoms with Crippen molar-refractivity contribution in [3.8, 4) is 0 Å². The molecular formula is C19H32N2. The van der Waals surface area contributed by atoms with Gasteiger partial charge in [-0.15, -0.1) is 0 Å². The summed E-state index contributed by atoms with van der Waals surface area (Å²) in [7, 11) is 0. The van der Waals surface area contributed by atoms with Crippen molar-refractivity contribution in [3.05, 3.63) is 35.4 Å². The Balaban J connectivity index is 2.20. The number of likely N-dealkylation sites (N-methyl/N-ethyl adjacent to an activating group) is 1. The second-order valence-electron chi connectivity index (χ2n) is 6.60. The number of benzene rings is 1. The number of hydrogen-bond acceptors (Lipinski definition) is 2. The molecule has 2 heteroatoms. The highest BCUT2D eigenvalue weighted by atomic mass is 15.2. The molecular weight excluding hydrogens is 256 g/mol. The number of rotatable bonds is 7. The third-order valence-electron chi connectivity index (χ3n) is 5.56. The quantitative estimate of drug-likeness (QED) is 0.830. The molecule has 0 radical (unpaired) electrons. The molecule has 2 nitrogen and oxygen atoms in total. The van der Waals surface area contributed by atoms with E-state index in [0.717, 1.165) is 25.4 Å². The van der Waals surface area contributed by atoms with Crippen LogP contribution in [-0.2, 0) is 12.8 Å². The van der Waals surface area contributed by atoms with E-state index >= 15 is 0 Å². The second kappa shape index (κ2) is 7.42. The number of fused-ring (bicyclic) bond motifs is 1. The molecule has 0 amide bonds. The van der Waals surface area contributed by atoms with Gasteiger partial charge in [0.05, 0.1) is 0 Å². The van der Waals surface area contributed by atoms with E-state index in [-0.39, 0.29) is 5.54 Å². The van der Waals surface area contributed by atoms with Crippen LogP contribution in [0.25, 0.3) is 0 Å². The van der Waals surface area contributed by atoms with E-state index in [1.165, 1.54) is 43.4 Å². The molecule has 0 spiro atoms. The van der Waals surface area contributed by atoms with Crippen molar-refractivity contribution in [2.45, 2.75) is 58.4 Å². The molecule has 0 saturated carbocycles. The van der Waals surface area contributed by atoms with Crippen molar-refractivity contribution < 1.29 is 0 Å². The number of nitrogens with zero attached hydrogens (tertiary/aromatic N) is 1. The molecule has 0 fully saturated rings. The molecule has 2 N–H and O–H groups in total. The van der Waals surface area contributed by atoms with Gasteiger partial charge in [0.25, 0.3) is 0 Å². The lowest BCUT2D eigenvalue weighted by Crippen LogP contribution is -2.58. The van der Waals surface area contributed by atoms with Gasteiger partial charge in [0.15, 0.2) is 0 Å². The van der Waals surface area contributed by atoms with Gasteiger partial charge in [-0.05, 0) is 42.9 Å². The molecule has 2 rings (SSSR count). The molecule has 1 atom stereocenters. The van der Waals surface area contributed by atoms with E-state index < -0.39 is 0 Å². The lowest BCUT2D eigenvalue weighted by atomic mass is 9.76. The Bertz CT molecular complexity index is 439. The first kappa shape index (κ1) is 16.5. The summed E-state index contributed by atoms with van der Waals surface area (Å²) in [6, 6.07) is 8.91. The minimum atomic E-state index is 0.172. The first-order chi connectivity index (χ1) is 10.2. The number of aryl methyl sites for hydroxylation is 1. The third-order valence-corrected chi connectivity index (χ3v) is 5.56. The van der Waals surface area contributed by atoms with E-state index in [4.69, 9.17) is 5.73 Å². The van der Waals surface area contributed by atoms with Crippen LogP contribution in [0, 0.1) is 5.92 Å². The SMILES string of the molecule is CCC(CC)CN(CC)C1(CN)CCc2ccccc2C1. The Morgan fingerprint density at radius 1 is 1.14 bits per heavy atom. The van der Waals surface area contributed by atoms with Crippen molar-refractivity contribution in [1.82, 2.24) is 4.90 Å². The molecule has 1 unspecified atom stereocenters. The standard InChI is InChI=1S/C19H32N2/c1-4-16(5-2)14-21(6-3)19(15-20)12-11-17-9-7-8-10-18(17)13-19/h7-10,16H,4-6,11-15,20H2,1-3H3. The minimum Gasteiger partial charge on any atom is -0.329 e. The predicted molar refractivity (Wildman–Crippen MR) is 91.6 cm³/mol. The van der Waals surface area contributed by atoms with Gasteiger partial charge in [-0.25, -0.2) is 0 Å². The Labute approximate surface area is 130 Å². The zero-order chi connectivity index (χ0) is 15.3. The Hall–Kier alpha value is -0.860. The molecule has 1 aliphatic carbocycles. The fourth-order valence-corrected chi connectivity index (χ4v) is 3.87. The van der Waals surface area contributed by atoms with Crippen LogP contribution in [0.3, 0.4) is 0 Å². The summed E-state index contributed by atoms with van der Waals surface area (Å²) in [4.78, 5) is 2.68. The Morgan fingerprint density at radius 2 is 1.81 bits per heavy atom. The first-order valence-electron chi connectivity index (χ1n) is 8.71. The Morgan fingerprint density at radius 3 is 2.38 bits per heavy atom. The topological polar surface area (TPSA) is 29.3 Å². The number of hydrogen-bond donors (Lipinski definition) is 1. The fraction of sp³-hybridized carbons (Fsp3) is 0.684. The van der Waals surface area contributed by atoms with Crippen LogP contribution >= 0.6 is 0 Å². The van der Waals surface area contributed by atoms with E-state index in [1.54, 1.807) is 0 Å². The first-order valence-corrected chi connectivity index (χ1v) is 8.71. The summed E-state index contributed by atoms with van der Waals surface area (Å²) in [5, 5.41) is 0. The highest BCUT2D eigenvalue weighted by molar-refractivity contribution is 5.32. The van der Waals surface area contributed by atoms with E-state index in [0.29, 0.717) is 0 Å². The molecule has 0 aromatic heterocycles.